The second-order valence-electron chi connectivity index (χ2n) is 8.00. The summed E-state index contributed by atoms with van der Waals surface area (Å²) in [7, 11) is 1.86. The maximum Gasteiger partial charge on any atom is 0.0871 e. The molecule has 2 aliphatic heterocycles. The van der Waals surface area contributed by atoms with Gasteiger partial charge in [-0.05, 0) is 26.0 Å². The van der Waals surface area contributed by atoms with Crippen LogP contribution in [0.4, 0.5) is 0 Å². The molecule has 7 nitrogen and oxygen atoms in total. The van der Waals surface area contributed by atoms with Crippen LogP contribution in [0.5, 0.6) is 0 Å². The standard InChI is InChI=1S/C15H20N4OS.C7H16N2/c1-16-9-14(21)15-12-8-11(18-13(12)2-3-17-15)10-19-4-6-20-7-5-19;1-7(2)9-5-3-8-4-6-9/h2-3,8-9,16,18,21H,4-7,10H2,1H3;7-8H,3-6H2,1-2H3/b14-9-;. The third-order valence-electron chi connectivity index (χ3n) is 5.51. The Balaban J connectivity index is 0.000000239. The Bertz CT molecular complexity index is 809. The fraction of sp³-hybridized carbons (Fsp3) is 0.591. The first-order valence-corrected chi connectivity index (χ1v) is 11.3. The number of rotatable bonds is 5. The monoisotopic (exact) mass is 432 g/mol. The molecule has 2 fully saturated rings. The van der Waals surface area contributed by atoms with Crippen LogP contribution in [0.1, 0.15) is 25.2 Å². The van der Waals surface area contributed by atoms with Gasteiger partial charge in [-0.25, -0.2) is 0 Å². The molecule has 0 bridgehead atoms. The Kier molecular flexibility index (Phi) is 9.02. The van der Waals surface area contributed by atoms with E-state index < -0.39 is 0 Å². The Morgan fingerprint density at radius 1 is 1.27 bits per heavy atom. The molecule has 0 saturated carbocycles. The van der Waals surface area contributed by atoms with E-state index >= 15 is 0 Å². The van der Waals surface area contributed by atoms with E-state index in [9.17, 15) is 0 Å². The van der Waals surface area contributed by atoms with E-state index in [1.807, 2.05) is 25.5 Å². The van der Waals surface area contributed by atoms with E-state index in [4.69, 9.17) is 4.74 Å². The van der Waals surface area contributed by atoms with Crippen molar-refractivity contribution in [3.8, 4) is 0 Å². The molecule has 0 amide bonds. The Morgan fingerprint density at radius 3 is 2.63 bits per heavy atom. The van der Waals surface area contributed by atoms with E-state index in [-0.39, 0.29) is 0 Å². The number of morpholine rings is 1. The molecule has 4 heterocycles. The van der Waals surface area contributed by atoms with E-state index in [2.05, 4.69) is 62.9 Å². The molecular weight excluding hydrogens is 396 g/mol. The fourth-order valence-corrected chi connectivity index (χ4v) is 4.11. The van der Waals surface area contributed by atoms with Gasteiger partial charge in [-0.3, -0.25) is 14.8 Å². The smallest absolute Gasteiger partial charge is 0.0871 e. The summed E-state index contributed by atoms with van der Waals surface area (Å²) < 4.78 is 5.39. The molecule has 0 unspecified atom stereocenters. The quantitative estimate of drug-likeness (QED) is 0.543. The maximum absolute atomic E-state index is 5.39. The molecule has 166 valence electrons. The number of thiol groups is 1. The minimum atomic E-state index is 0.729. The van der Waals surface area contributed by atoms with Gasteiger partial charge in [0.2, 0.25) is 0 Å². The van der Waals surface area contributed by atoms with Gasteiger partial charge >= 0.3 is 0 Å². The fourth-order valence-electron chi connectivity index (χ4n) is 3.80. The summed E-state index contributed by atoms with van der Waals surface area (Å²) >= 11 is 4.51. The van der Waals surface area contributed by atoms with Gasteiger partial charge < -0.3 is 20.4 Å². The first-order valence-electron chi connectivity index (χ1n) is 10.9. The zero-order chi connectivity index (χ0) is 21.3. The zero-order valence-electron chi connectivity index (χ0n) is 18.4. The van der Waals surface area contributed by atoms with Gasteiger partial charge in [-0.1, -0.05) is 0 Å². The number of aromatic nitrogens is 2. The van der Waals surface area contributed by atoms with Crippen LogP contribution in [0.25, 0.3) is 15.8 Å². The molecule has 30 heavy (non-hydrogen) atoms. The van der Waals surface area contributed by atoms with E-state index in [1.165, 1.54) is 18.8 Å². The number of nitrogens with one attached hydrogen (secondary N) is 3. The van der Waals surface area contributed by atoms with Gasteiger partial charge in [-0.2, -0.15) is 0 Å². The van der Waals surface area contributed by atoms with Crippen molar-refractivity contribution in [2.45, 2.75) is 26.4 Å². The number of H-pyrrole nitrogens is 1. The number of fused-ring (bicyclic) bond motifs is 1. The second kappa shape index (κ2) is 11.7. The lowest BCUT2D eigenvalue weighted by atomic mass is 10.2. The summed E-state index contributed by atoms with van der Waals surface area (Å²) in [5.41, 5.74) is 3.20. The lowest BCUT2D eigenvalue weighted by molar-refractivity contribution is 0.0337. The van der Waals surface area contributed by atoms with Gasteiger partial charge in [0.25, 0.3) is 0 Å². The van der Waals surface area contributed by atoms with Gasteiger partial charge in [0.05, 0.1) is 18.9 Å². The van der Waals surface area contributed by atoms with E-state index in [0.717, 1.165) is 73.5 Å². The molecule has 4 rings (SSSR count). The largest absolute Gasteiger partial charge is 0.393 e. The van der Waals surface area contributed by atoms with Crippen LogP contribution in [0.2, 0.25) is 0 Å². The molecule has 2 aromatic rings. The number of ether oxygens (including phenoxy) is 1. The maximum atomic E-state index is 5.39. The van der Waals surface area contributed by atoms with Crippen molar-refractivity contribution < 1.29 is 4.74 Å². The van der Waals surface area contributed by atoms with Crippen molar-refractivity contribution in [1.82, 2.24) is 30.4 Å². The van der Waals surface area contributed by atoms with Crippen molar-refractivity contribution in [1.29, 1.82) is 0 Å². The number of pyridine rings is 1. The molecule has 2 saturated heterocycles. The molecule has 0 spiro atoms. The average molecular weight is 433 g/mol. The summed E-state index contributed by atoms with van der Waals surface area (Å²) in [6.07, 6.45) is 3.66. The predicted octanol–water partition coefficient (Wildman–Crippen LogP) is 2.14. The molecule has 8 heteroatoms. The summed E-state index contributed by atoms with van der Waals surface area (Å²) in [5.74, 6) is 0. The molecule has 0 radical (unpaired) electrons. The lowest BCUT2D eigenvalue weighted by Crippen LogP contribution is -2.46. The second-order valence-corrected chi connectivity index (χ2v) is 8.48. The minimum Gasteiger partial charge on any atom is -0.393 e. The molecule has 2 aromatic heterocycles. The summed E-state index contributed by atoms with van der Waals surface area (Å²) in [6, 6.07) is 4.90. The number of aromatic amines is 1. The Hall–Kier alpha value is -1.58. The molecular formula is C22H36N6OS. The van der Waals surface area contributed by atoms with Gasteiger partial charge in [0.1, 0.15) is 0 Å². The molecule has 2 aliphatic rings. The van der Waals surface area contributed by atoms with Gasteiger partial charge in [-0.15, -0.1) is 12.6 Å². The minimum absolute atomic E-state index is 0.729. The summed E-state index contributed by atoms with van der Waals surface area (Å²) in [5, 5.41) is 7.43. The normalized spacial score (nSPS) is 19.0. The number of hydrogen-bond donors (Lipinski definition) is 4. The highest BCUT2D eigenvalue weighted by Crippen LogP contribution is 2.26. The van der Waals surface area contributed by atoms with Crippen molar-refractivity contribution in [3.63, 3.8) is 0 Å². The van der Waals surface area contributed by atoms with E-state index in [1.54, 1.807) is 0 Å². The lowest BCUT2D eigenvalue weighted by Gasteiger charge is -2.30. The number of nitrogens with zero attached hydrogens (tertiary/aromatic N) is 3. The predicted molar refractivity (Wildman–Crippen MR) is 128 cm³/mol. The summed E-state index contributed by atoms with van der Waals surface area (Å²) in [6.45, 7) is 13.8. The molecule has 0 aliphatic carbocycles. The van der Waals surface area contributed by atoms with Gasteiger partial charge in [0.15, 0.2) is 0 Å². The molecule has 0 aromatic carbocycles. The zero-order valence-corrected chi connectivity index (χ0v) is 19.3. The van der Waals surface area contributed by atoms with Crippen LogP contribution >= 0.6 is 12.6 Å². The highest BCUT2D eigenvalue weighted by atomic mass is 32.1. The van der Waals surface area contributed by atoms with E-state index in [0.29, 0.717) is 0 Å². The Morgan fingerprint density at radius 2 is 2.00 bits per heavy atom. The first kappa shape index (κ1) is 23.1. The first-order chi connectivity index (χ1) is 14.6. The van der Waals surface area contributed by atoms with Crippen LogP contribution < -0.4 is 10.6 Å². The average Bonchev–Trinajstić information content (AvgIpc) is 3.18. The molecule has 0 atom stereocenters. The summed E-state index contributed by atoms with van der Waals surface area (Å²) in [4.78, 5) is 13.6. The van der Waals surface area contributed by atoms with Crippen LogP contribution in [0.15, 0.2) is 24.5 Å². The van der Waals surface area contributed by atoms with Crippen LogP contribution in [-0.2, 0) is 11.3 Å². The SMILES string of the molecule is CC(C)N1CCNCC1.CN/C=C(\S)c1nccc2[nH]c(CN3CCOCC3)cc12. The van der Waals surface area contributed by atoms with Crippen LogP contribution in [0, 0.1) is 0 Å². The van der Waals surface area contributed by atoms with Crippen molar-refractivity contribution in [2.75, 3.05) is 59.5 Å². The third kappa shape index (κ3) is 6.46. The highest BCUT2D eigenvalue weighted by molar-refractivity contribution is 7.90. The van der Waals surface area contributed by atoms with Crippen LogP contribution in [0.3, 0.4) is 0 Å². The number of piperazine rings is 1. The Labute approximate surface area is 185 Å². The van der Waals surface area contributed by atoms with Crippen molar-refractivity contribution in [3.05, 3.63) is 35.9 Å². The third-order valence-corrected chi connectivity index (χ3v) is 5.85. The van der Waals surface area contributed by atoms with Crippen LogP contribution in [-0.4, -0.2) is 85.3 Å². The van der Waals surface area contributed by atoms with Gasteiger partial charge in [0, 0.05) is 92.8 Å². The topological polar surface area (TPSA) is 68.5 Å². The molecule has 3 N–H and O–H groups in total. The van der Waals surface area contributed by atoms with Crippen molar-refractivity contribution >= 4 is 28.4 Å². The van der Waals surface area contributed by atoms with Crippen molar-refractivity contribution in [2.24, 2.45) is 0 Å². The highest BCUT2D eigenvalue weighted by Gasteiger charge is 2.14. The number of hydrogen-bond acceptors (Lipinski definition) is 7.